The highest BCUT2D eigenvalue weighted by molar-refractivity contribution is 5.84. The second kappa shape index (κ2) is 3.98. The number of aromatic hydroxyl groups is 1. The van der Waals surface area contributed by atoms with Crippen molar-refractivity contribution in [2.24, 2.45) is 0 Å². The molecule has 1 aromatic carbocycles. The first kappa shape index (κ1) is 10.1. The van der Waals surface area contributed by atoms with E-state index in [9.17, 15) is 9.90 Å². The molecule has 0 fully saturated rings. The average molecular weight is 216 g/mol. The Bertz CT molecular complexity index is 540. The number of hydrogen-bond acceptors (Lipinski definition) is 4. The lowest BCUT2D eigenvalue weighted by Crippen LogP contribution is -2.04. The van der Waals surface area contributed by atoms with Crippen LogP contribution < -0.4 is 0 Å². The van der Waals surface area contributed by atoms with Crippen LogP contribution >= 0.6 is 0 Å². The van der Waals surface area contributed by atoms with E-state index in [1.165, 1.54) is 12.3 Å². The number of phenolic OH excluding ortho intramolecular Hbond substituents is 1. The van der Waals surface area contributed by atoms with Crippen LogP contribution in [0, 0.1) is 0 Å². The van der Waals surface area contributed by atoms with Crippen molar-refractivity contribution in [1.82, 2.24) is 9.97 Å². The average Bonchev–Trinajstić information content (AvgIpc) is 2.30. The maximum atomic E-state index is 10.7. The number of benzene rings is 1. The van der Waals surface area contributed by atoms with E-state index < -0.39 is 5.97 Å². The molecule has 0 saturated carbocycles. The summed E-state index contributed by atoms with van der Waals surface area (Å²) in [5, 5.41) is 18.3. The monoisotopic (exact) mass is 216 g/mol. The maximum Gasteiger partial charge on any atom is 0.373 e. The third-order valence-electron chi connectivity index (χ3n) is 2.03. The number of carboxylic acid groups (broad SMARTS) is 1. The fraction of sp³-hybridized carbons (Fsp3) is 0. The van der Waals surface area contributed by atoms with Crippen LogP contribution in [0.4, 0.5) is 0 Å². The van der Waals surface area contributed by atoms with E-state index in [2.05, 4.69) is 9.97 Å². The van der Waals surface area contributed by atoms with E-state index in [1.807, 2.05) is 0 Å². The van der Waals surface area contributed by atoms with Gasteiger partial charge in [-0.1, -0.05) is 12.1 Å². The zero-order chi connectivity index (χ0) is 11.5. The second-order valence-electron chi connectivity index (χ2n) is 3.09. The van der Waals surface area contributed by atoms with E-state index in [0.717, 1.165) is 0 Å². The molecule has 16 heavy (non-hydrogen) atoms. The summed E-state index contributed by atoms with van der Waals surface area (Å²) in [5.74, 6) is -1.43. The van der Waals surface area contributed by atoms with Crippen LogP contribution in [0.25, 0.3) is 11.3 Å². The molecule has 0 bridgehead atoms. The van der Waals surface area contributed by atoms with Crippen molar-refractivity contribution in [3.63, 3.8) is 0 Å². The minimum Gasteiger partial charge on any atom is -0.507 e. The van der Waals surface area contributed by atoms with Crippen molar-refractivity contribution in [2.75, 3.05) is 0 Å². The molecule has 5 heteroatoms. The molecule has 0 aliphatic carbocycles. The number of aromatic nitrogens is 2. The summed E-state index contributed by atoms with van der Waals surface area (Å²) < 4.78 is 0. The SMILES string of the molecule is O=C(O)c1nccc(-c2ccccc2O)n1. The Balaban J connectivity index is 2.53. The van der Waals surface area contributed by atoms with Gasteiger partial charge in [-0.3, -0.25) is 0 Å². The van der Waals surface area contributed by atoms with E-state index in [4.69, 9.17) is 5.11 Å². The van der Waals surface area contributed by atoms with Crippen LogP contribution in [-0.4, -0.2) is 26.2 Å². The van der Waals surface area contributed by atoms with Gasteiger partial charge in [-0.2, -0.15) is 0 Å². The lowest BCUT2D eigenvalue weighted by atomic mass is 10.1. The topological polar surface area (TPSA) is 83.3 Å². The van der Waals surface area contributed by atoms with E-state index in [0.29, 0.717) is 11.3 Å². The van der Waals surface area contributed by atoms with Crippen molar-refractivity contribution in [3.05, 3.63) is 42.4 Å². The van der Waals surface area contributed by atoms with Gasteiger partial charge in [0, 0.05) is 11.8 Å². The summed E-state index contributed by atoms with van der Waals surface area (Å²) in [4.78, 5) is 18.1. The van der Waals surface area contributed by atoms with Crippen molar-refractivity contribution in [2.45, 2.75) is 0 Å². The highest BCUT2D eigenvalue weighted by Crippen LogP contribution is 2.26. The molecule has 80 valence electrons. The minimum atomic E-state index is -1.20. The Morgan fingerprint density at radius 3 is 2.62 bits per heavy atom. The van der Waals surface area contributed by atoms with E-state index >= 15 is 0 Å². The predicted molar refractivity (Wildman–Crippen MR) is 56.1 cm³/mol. The van der Waals surface area contributed by atoms with Crippen LogP contribution in [0.5, 0.6) is 5.75 Å². The van der Waals surface area contributed by atoms with Gasteiger partial charge in [0.1, 0.15) is 5.75 Å². The molecule has 0 saturated heterocycles. The predicted octanol–water partition coefficient (Wildman–Crippen LogP) is 1.55. The number of nitrogens with zero attached hydrogens (tertiary/aromatic N) is 2. The number of hydrogen-bond donors (Lipinski definition) is 2. The standard InChI is InChI=1S/C11H8N2O3/c14-9-4-2-1-3-7(9)8-5-6-12-10(13-8)11(15)16/h1-6,14H,(H,15,16). The Morgan fingerprint density at radius 1 is 1.19 bits per heavy atom. The molecule has 0 radical (unpaired) electrons. The van der Waals surface area contributed by atoms with Gasteiger partial charge in [0.15, 0.2) is 0 Å². The number of rotatable bonds is 2. The highest BCUT2D eigenvalue weighted by atomic mass is 16.4. The molecule has 5 nitrogen and oxygen atoms in total. The zero-order valence-corrected chi connectivity index (χ0v) is 8.16. The summed E-state index contributed by atoms with van der Waals surface area (Å²) in [6.45, 7) is 0. The molecule has 0 unspecified atom stereocenters. The lowest BCUT2D eigenvalue weighted by molar-refractivity contribution is 0.0683. The quantitative estimate of drug-likeness (QED) is 0.795. The third kappa shape index (κ3) is 1.83. The summed E-state index contributed by atoms with van der Waals surface area (Å²) in [6.07, 6.45) is 1.35. The van der Waals surface area contributed by atoms with Gasteiger partial charge in [-0.15, -0.1) is 0 Å². The number of carboxylic acids is 1. The van der Waals surface area contributed by atoms with Crippen LogP contribution in [0.1, 0.15) is 10.6 Å². The molecule has 0 spiro atoms. The van der Waals surface area contributed by atoms with Crippen molar-refractivity contribution in [3.8, 4) is 17.0 Å². The molecule has 2 N–H and O–H groups in total. The van der Waals surface area contributed by atoms with Gasteiger partial charge in [0.25, 0.3) is 0 Å². The van der Waals surface area contributed by atoms with Crippen molar-refractivity contribution < 1.29 is 15.0 Å². The molecule has 2 aromatic rings. The molecule has 0 aliphatic rings. The number of phenols is 1. The highest BCUT2D eigenvalue weighted by Gasteiger charge is 2.10. The molecule has 1 heterocycles. The van der Waals surface area contributed by atoms with Gasteiger partial charge in [-0.05, 0) is 18.2 Å². The maximum absolute atomic E-state index is 10.7. The van der Waals surface area contributed by atoms with Gasteiger partial charge in [-0.25, -0.2) is 14.8 Å². The van der Waals surface area contributed by atoms with Crippen molar-refractivity contribution in [1.29, 1.82) is 0 Å². The van der Waals surface area contributed by atoms with Crippen molar-refractivity contribution >= 4 is 5.97 Å². The summed E-state index contributed by atoms with van der Waals surface area (Å²) in [6, 6.07) is 8.12. The fourth-order valence-corrected chi connectivity index (χ4v) is 1.30. The van der Waals surface area contributed by atoms with Gasteiger partial charge < -0.3 is 10.2 Å². The number of carbonyl (C=O) groups is 1. The van der Waals surface area contributed by atoms with E-state index in [1.54, 1.807) is 24.3 Å². The Labute approximate surface area is 91.0 Å². The summed E-state index contributed by atoms with van der Waals surface area (Å²) in [7, 11) is 0. The second-order valence-corrected chi connectivity index (χ2v) is 3.09. The zero-order valence-electron chi connectivity index (χ0n) is 8.16. The normalized spacial score (nSPS) is 10.0. The Hall–Kier alpha value is -2.43. The first-order valence-corrected chi connectivity index (χ1v) is 4.53. The smallest absolute Gasteiger partial charge is 0.373 e. The molecule has 0 atom stereocenters. The van der Waals surface area contributed by atoms with E-state index in [-0.39, 0.29) is 11.6 Å². The van der Waals surface area contributed by atoms with Crippen LogP contribution in [-0.2, 0) is 0 Å². The molecule has 1 aromatic heterocycles. The lowest BCUT2D eigenvalue weighted by Gasteiger charge is -2.03. The first-order chi connectivity index (χ1) is 7.68. The third-order valence-corrected chi connectivity index (χ3v) is 2.03. The van der Waals surface area contributed by atoms with Crippen LogP contribution in [0.15, 0.2) is 36.5 Å². The molecular weight excluding hydrogens is 208 g/mol. The molecule has 0 amide bonds. The van der Waals surface area contributed by atoms with Gasteiger partial charge in [0.05, 0.1) is 5.69 Å². The van der Waals surface area contributed by atoms with Crippen LogP contribution in [0.3, 0.4) is 0 Å². The molecular formula is C11H8N2O3. The van der Waals surface area contributed by atoms with Gasteiger partial charge in [0.2, 0.25) is 5.82 Å². The Kier molecular flexibility index (Phi) is 2.51. The minimum absolute atomic E-state index is 0.0533. The first-order valence-electron chi connectivity index (χ1n) is 4.53. The molecule has 2 rings (SSSR count). The summed E-state index contributed by atoms with van der Waals surface area (Å²) in [5.41, 5.74) is 0.859. The van der Waals surface area contributed by atoms with Gasteiger partial charge >= 0.3 is 5.97 Å². The Morgan fingerprint density at radius 2 is 1.94 bits per heavy atom. The summed E-state index contributed by atoms with van der Waals surface area (Å²) >= 11 is 0. The fourth-order valence-electron chi connectivity index (χ4n) is 1.30. The van der Waals surface area contributed by atoms with Crippen LogP contribution in [0.2, 0.25) is 0 Å². The largest absolute Gasteiger partial charge is 0.507 e. The number of aromatic carboxylic acids is 1. The number of para-hydroxylation sites is 1. The molecule has 0 aliphatic heterocycles.